The van der Waals surface area contributed by atoms with Gasteiger partial charge in [-0.05, 0) is 50.8 Å². The Labute approximate surface area is 182 Å². The van der Waals surface area contributed by atoms with Gasteiger partial charge < -0.3 is 20.1 Å². The van der Waals surface area contributed by atoms with Gasteiger partial charge in [-0.15, -0.1) is 10.2 Å². The number of guanidine groups is 1. The van der Waals surface area contributed by atoms with E-state index >= 15 is 0 Å². The second kappa shape index (κ2) is 10.1. The van der Waals surface area contributed by atoms with Crippen LogP contribution in [0.2, 0.25) is 0 Å². The first kappa shape index (κ1) is 21.0. The summed E-state index contributed by atoms with van der Waals surface area (Å²) < 4.78 is 13.9. The van der Waals surface area contributed by atoms with Crippen molar-refractivity contribution < 1.29 is 9.47 Å². The van der Waals surface area contributed by atoms with Crippen LogP contribution in [-0.4, -0.2) is 40.3 Å². The summed E-state index contributed by atoms with van der Waals surface area (Å²) in [6.07, 6.45) is 6.85. The molecule has 1 aliphatic rings. The predicted molar refractivity (Wildman–Crippen MR) is 121 cm³/mol. The number of benzene rings is 1. The van der Waals surface area contributed by atoms with Gasteiger partial charge in [0.2, 0.25) is 0 Å². The second-order valence-corrected chi connectivity index (χ2v) is 7.57. The van der Waals surface area contributed by atoms with Crippen molar-refractivity contribution in [2.45, 2.75) is 51.8 Å². The standard InChI is InChI=1S/C23H30N6O2/c1-3-24-23(26-16-21-28-27-20-13-6-7-14-29(20)21)25-15-17-9-8-12-19(30-2)22(17)31-18-10-4-5-11-18/h6-9,12-14,18H,3-5,10-11,15-16H2,1-2H3,(H2,24,25,26). The Morgan fingerprint density at radius 1 is 1.13 bits per heavy atom. The van der Waals surface area contributed by atoms with Crippen molar-refractivity contribution in [1.82, 2.24) is 25.2 Å². The van der Waals surface area contributed by atoms with Crippen LogP contribution >= 0.6 is 0 Å². The van der Waals surface area contributed by atoms with Gasteiger partial charge in [-0.1, -0.05) is 18.2 Å². The Bertz CT molecular complexity index is 1030. The quantitative estimate of drug-likeness (QED) is 0.428. The number of hydrogen-bond acceptors (Lipinski definition) is 5. The monoisotopic (exact) mass is 422 g/mol. The summed E-state index contributed by atoms with van der Waals surface area (Å²) in [5.74, 6) is 3.10. The van der Waals surface area contributed by atoms with Crippen molar-refractivity contribution in [3.05, 3.63) is 54.0 Å². The molecule has 0 aliphatic heterocycles. The molecule has 4 rings (SSSR count). The van der Waals surface area contributed by atoms with E-state index < -0.39 is 0 Å². The molecule has 0 spiro atoms. The minimum atomic E-state index is 0.256. The van der Waals surface area contributed by atoms with E-state index in [1.165, 1.54) is 12.8 Å². The zero-order chi connectivity index (χ0) is 21.5. The van der Waals surface area contributed by atoms with E-state index in [-0.39, 0.29) is 6.10 Å². The molecule has 1 aliphatic carbocycles. The fourth-order valence-electron chi connectivity index (χ4n) is 3.83. The van der Waals surface area contributed by atoms with Crippen LogP contribution in [-0.2, 0) is 13.1 Å². The van der Waals surface area contributed by atoms with Gasteiger partial charge in [0.15, 0.2) is 28.9 Å². The molecular weight excluding hydrogens is 392 g/mol. The zero-order valence-corrected chi connectivity index (χ0v) is 18.2. The van der Waals surface area contributed by atoms with Gasteiger partial charge in [0, 0.05) is 18.3 Å². The van der Waals surface area contributed by atoms with Crippen molar-refractivity contribution in [1.29, 1.82) is 0 Å². The van der Waals surface area contributed by atoms with Crippen molar-refractivity contribution in [2.75, 3.05) is 13.7 Å². The lowest BCUT2D eigenvalue weighted by Gasteiger charge is -2.19. The molecule has 8 nitrogen and oxygen atoms in total. The molecule has 2 heterocycles. The van der Waals surface area contributed by atoms with Crippen LogP contribution in [0, 0.1) is 0 Å². The number of ether oxygens (including phenoxy) is 2. The number of pyridine rings is 1. The minimum Gasteiger partial charge on any atom is -0.493 e. The number of aliphatic imine (C=N–C) groups is 1. The number of aromatic nitrogens is 3. The van der Waals surface area contributed by atoms with Crippen LogP contribution in [0.4, 0.5) is 0 Å². The fourth-order valence-corrected chi connectivity index (χ4v) is 3.83. The molecule has 0 radical (unpaired) electrons. The molecule has 0 atom stereocenters. The highest BCUT2D eigenvalue weighted by Crippen LogP contribution is 2.35. The maximum atomic E-state index is 6.33. The van der Waals surface area contributed by atoms with Crippen molar-refractivity contribution >= 4 is 11.6 Å². The molecule has 2 aromatic heterocycles. The average Bonchev–Trinajstić information content (AvgIpc) is 3.46. The first-order valence-corrected chi connectivity index (χ1v) is 10.9. The molecule has 31 heavy (non-hydrogen) atoms. The molecule has 0 bridgehead atoms. The third-order valence-corrected chi connectivity index (χ3v) is 5.42. The van der Waals surface area contributed by atoms with Crippen molar-refractivity contribution in [2.24, 2.45) is 4.99 Å². The summed E-state index contributed by atoms with van der Waals surface area (Å²) in [6, 6.07) is 11.8. The lowest BCUT2D eigenvalue weighted by molar-refractivity contribution is 0.198. The first-order chi connectivity index (χ1) is 15.3. The molecule has 0 saturated heterocycles. The lowest BCUT2D eigenvalue weighted by atomic mass is 10.1. The van der Waals surface area contributed by atoms with Crippen molar-refractivity contribution in [3.63, 3.8) is 0 Å². The SMILES string of the molecule is CCNC(=NCc1cccc(OC)c1OC1CCCC1)NCc1nnc2ccccn12. The highest BCUT2D eigenvalue weighted by atomic mass is 16.5. The Balaban J connectivity index is 1.49. The summed E-state index contributed by atoms with van der Waals surface area (Å²) in [4.78, 5) is 4.78. The third-order valence-electron chi connectivity index (χ3n) is 5.42. The van der Waals surface area contributed by atoms with Gasteiger partial charge >= 0.3 is 0 Å². The highest BCUT2D eigenvalue weighted by Gasteiger charge is 2.20. The van der Waals surface area contributed by atoms with Crippen molar-refractivity contribution in [3.8, 4) is 11.5 Å². The summed E-state index contributed by atoms with van der Waals surface area (Å²) in [6.45, 7) is 3.80. The summed E-state index contributed by atoms with van der Waals surface area (Å²) in [5, 5.41) is 15.1. The largest absolute Gasteiger partial charge is 0.493 e. The predicted octanol–water partition coefficient (Wildman–Crippen LogP) is 3.31. The molecule has 1 fully saturated rings. The lowest BCUT2D eigenvalue weighted by Crippen LogP contribution is -2.37. The number of nitrogens with one attached hydrogen (secondary N) is 2. The van der Waals surface area contributed by atoms with E-state index in [2.05, 4.69) is 20.8 Å². The smallest absolute Gasteiger partial charge is 0.191 e. The van der Waals surface area contributed by atoms with Crippen LogP contribution in [0.25, 0.3) is 5.65 Å². The number of rotatable bonds is 8. The third kappa shape index (κ3) is 5.07. The number of hydrogen-bond donors (Lipinski definition) is 2. The second-order valence-electron chi connectivity index (χ2n) is 7.57. The van der Waals surface area contributed by atoms with E-state index in [0.717, 1.165) is 47.9 Å². The van der Waals surface area contributed by atoms with Crippen LogP contribution < -0.4 is 20.1 Å². The van der Waals surface area contributed by atoms with E-state index in [9.17, 15) is 0 Å². The zero-order valence-electron chi connectivity index (χ0n) is 18.2. The van der Waals surface area contributed by atoms with Gasteiger partial charge in [0.05, 0.1) is 26.3 Å². The Morgan fingerprint density at radius 2 is 2.00 bits per heavy atom. The number of fused-ring (bicyclic) bond motifs is 1. The molecule has 2 N–H and O–H groups in total. The van der Waals surface area contributed by atoms with Crippen LogP contribution in [0.15, 0.2) is 47.6 Å². The van der Waals surface area contributed by atoms with E-state index in [1.54, 1.807) is 7.11 Å². The molecule has 1 saturated carbocycles. The normalized spacial score (nSPS) is 14.7. The van der Waals surface area contributed by atoms with Gasteiger partial charge in [0.1, 0.15) is 0 Å². The Kier molecular flexibility index (Phi) is 6.86. The number of para-hydroxylation sites is 1. The fraction of sp³-hybridized carbons (Fsp3) is 0.435. The maximum Gasteiger partial charge on any atom is 0.191 e. The average molecular weight is 423 g/mol. The topological polar surface area (TPSA) is 85.1 Å². The van der Waals surface area contributed by atoms with E-state index in [4.69, 9.17) is 14.5 Å². The molecule has 8 heteroatoms. The first-order valence-electron chi connectivity index (χ1n) is 10.9. The molecule has 164 valence electrons. The summed E-state index contributed by atoms with van der Waals surface area (Å²) in [5.41, 5.74) is 1.84. The minimum absolute atomic E-state index is 0.256. The molecular formula is C23H30N6O2. The van der Waals surface area contributed by atoms with Crippen LogP contribution in [0.1, 0.15) is 44.0 Å². The Morgan fingerprint density at radius 3 is 2.81 bits per heavy atom. The number of methoxy groups -OCH3 is 1. The van der Waals surface area contributed by atoms with E-state index in [0.29, 0.717) is 19.0 Å². The van der Waals surface area contributed by atoms with Gasteiger partial charge in [-0.25, -0.2) is 4.99 Å². The molecule has 3 aromatic rings. The van der Waals surface area contributed by atoms with Crippen LogP contribution in [0.5, 0.6) is 11.5 Å². The number of nitrogens with zero attached hydrogens (tertiary/aromatic N) is 4. The summed E-state index contributed by atoms with van der Waals surface area (Å²) in [7, 11) is 1.68. The molecule has 0 amide bonds. The van der Waals surface area contributed by atoms with Crippen LogP contribution in [0.3, 0.4) is 0 Å². The Hall–Kier alpha value is -3.29. The summed E-state index contributed by atoms with van der Waals surface area (Å²) >= 11 is 0. The highest BCUT2D eigenvalue weighted by molar-refractivity contribution is 5.79. The van der Waals surface area contributed by atoms with Gasteiger partial charge in [-0.3, -0.25) is 4.40 Å². The maximum absolute atomic E-state index is 6.33. The molecule has 1 aromatic carbocycles. The molecule has 0 unspecified atom stereocenters. The van der Waals surface area contributed by atoms with E-state index in [1.807, 2.05) is 53.9 Å². The van der Waals surface area contributed by atoms with Gasteiger partial charge in [-0.2, -0.15) is 0 Å². The van der Waals surface area contributed by atoms with Gasteiger partial charge in [0.25, 0.3) is 0 Å².